The van der Waals surface area contributed by atoms with Gasteiger partial charge in [-0.2, -0.15) is 0 Å². The van der Waals surface area contributed by atoms with Gasteiger partial charge in [0.2, 0.25) is 0 Å². The van der Waals surface area contributed by atoms with Crippen LogP contribution >= 0.6 is 0 Å². The van der Waals surface area contributed by atoms with Crippen molar-refractivity contribution < 1.29 is 4.39 Å². The molecule has 0 saturated carbocycles. The standard InChI is InChI=1S/C16H12FN3/c17-13-9-14(11-1-5-19-6-2-11)16(18)15(10-13)12-3-7-20-8-4-12/h1-10H,18H2. The minimum atomic E-state index is -0.321. The highest BCUT2D eigenvalue weighted by molar-refractivity contribution is 5.88. The minimum absolute atomic E-state index is 0.321. The lowest BCUT2D eigenvalue weighted by Gasteiger charge is -2.12. The van der Waals surface area contributed by atoms with Gasteiger partial charge in [0.15, 0.2) is 0 Å². The summed E-state index contributed by atoms with van der Waals surface area (Å²) in [6, 6.07) is 10.1. The zero-order valence-electron chi connectivity index (χ0n) is 10.6. The van der Waals surface area contributed by atoms with Gasteiger partial charge in [0.05, 0.1) is 0 Å². The van der Waals surface area contributed by atoms with E-state index in [2.05, 4.69) is 9.97 Å². The van der Waals surface area contributed by atoms with Crippen molar-refractivity contribution in [2.24, 2.45) is 0 Å². The minimum Gasteiger partial charge on any atom is -0.398 e. The molecule has 0 atom stereocenters. The molecule has 0 aliphatic carbocycles. The Balaban J connectivity index is 2.22. The fourth-order valence-corrected chi connectivity index (χ4v) is 2.16. The molecule has 0 spiro atoms. The molecule has 2 heterocycles. The first-order valence-electron chi connectivity index (χ1n) is 6.15. The first kappa shape index (κ1) is 12.3. The molecule has 0 bridgehead atoms. The Morgan fingerprint density at radius 1 is 0.750 bits per heavy atom. The molecule has 0 saturated heterocycles. The highest BCUT2D eigenvalue weighted by atomic mass is 19.1. The molecule has 2 N–H and O–H groups in total. The molecule has 98 valence electrons. The number of hydrogen-bond donors (Lipinski definition) is 1. The molecule has 0 aliphatic heterocycles. The van der Waals surface area contributed by atoms with E-state index in [1.54, 1.807) is 24.8 Å². The van der Waals surface area contributed by atoms with Gasteiger partial charge >= 0.3 is 0 Å². The van der Waals surface area contributed by atoms with E-state index in [-0.39, 0.29) is 5.82 Å². The fourth-order valence-electron chi connectivity index (χ4n) is 2.16. The van der Waals surface area contributed by atoms with E-state index in [0.717, 1.165) is 11.1 Å². The second kappa shape index (κ2) is 5.09. The molecule has 0 radical (unpaired) electrons. The van der Waals surface area contributed by atoms with Crippen molar-refractivity contribution in [2.45, 2.75) is 0 Å². The van der Waals surface area contributed by atoms with Crippen LogP contribution < -0.4 is 5.73 Å². The number of halogens is 1. The molecule has 0 aliphatic rings. The van der Waals surface area contributed by atoms with E-state index in [4.69, 9.17) is 5.73 Å². The molecular weight excluding hydrogens is 253 g/mol. The summed E-state index contributed by atoms with van der Waals surface area (Å²) in [4.78, 5) is 7.92. The van der Waals surface area contributed by atoms with Gasteiger partial charge in [-0.25, -0.2) is 4.39 Å². The topological polar surface area (TPSA) is 51.8 Å². The Labute approximate surface area is 115 Å². The van der Waals surface area contributed by atoms with Crippen molar-refractivity contribution >= 4 is 5.69 Å². The zero-order chi connectivity index (χ0) is 13.9. The lowest BCUT2D eigenvalue weighted by molar-refractivity contribution is 0.629. The van der Waals surface area contributed by atoms with E-state index in [9.17, 15) is 4.39 Å². The van der Waals surface area contributed by atoms with Crippen molar-refractivity contribution in [1.82, 2.24) is 9.97 Å². The summed E-state index contributed by atoms with van der Waals surface area (Å²) >= 11 is 0. The quantitative estimate of drug-likeness (QED) is 0.721. The number of rotatable bonds is 2. The third-order valence-electron chi connectivity index (χ3n) is 3.13. The summed E-state index contributed by atoms with van der Waals surface area (Å²) < 4.78 is 13.9. The van der Waals surface area contributed by atoms with Crippen LogP contribution in [0.4, 0.5) is 10.1 Å². The van der Waals surface area contributed by atoms with Crippen LogP contribution in [0.15, 0.2) is 61.2 Å². The largest absolute Gasteiger partial charge is 0.398 e. The maximum atomic E-state index is 13.9. The maximum absolute atomic E-state index is 13.9. The third kappa shape index (κ3) is 2.23. The molecular formula is C16H12FN3. The van der Waals surface area contributed by atoms with Crippen LogP contribution in [-0.2, 0) is 0 Å². The zero-order valence-corrected chi connectivity index (χ0v) is 10.6. The highest BCUT2D eigenvalue weighted by Gasteiger charge is 2.11. The smallest absolute Gasteiger partial charge is 0.124 e. The SMILES string of the molecule is Nc1c(-c2ccncc2)cc(F)cc1-c1ccncc1. The number of nitrogens with zero attached hydrogens (tertiary/aromatic N) is 2. The maximum Gasteiger partial charge on any atom is 0.124 e. The van der Waals surface area contributed by atoms with Crippen LogP contribution in [0.1, 0.15) is 0 Å². The van der Waals surface area contributed by atoms with Gasteiger partial charge in [-0.1, -0.05) is 0 Å². The van der Waals surface area contributed by atoms with Gasteiger partial charge in [-0.05, 0) is 47.5 Å². The average molecular weight is 265 g/mol. The van der Waals surface area contributed by atoms with Gasteiger partial charge in [0.25, 0.3) is 0 Å². The first-order valence-corrected chi connectivity index (χ1v) is 6.15. The summed E-state index contributed by atoms with van der Waals surface area (Å²) in [5, 5.41) is 0. The number of hydrogen-bond acceptors (Lipinski definition) is 3. The summed E-state index contributed by atoms with van der Waals surface area (Å²) in [6.45, 7) is 0. The Hall–Kier alpha value is -2.75. The molecule has 1 aromatic carbocycles. The molecule has 0 amide bonds. The van der Waals surface area contributed by atoms with Gasteiger partial charge < -0.3 is 5.73 Å². The Morgan fingerprint density at radius 3 is 1.55 bits per heavy atom. The van der Waals surface area contributed by atoms with Crippen LogP contribution in [-0.4, -0.2) is 9.97 Å². The number of nitrogens with two attached hydrogens (primary N) is 1. The number of pyridine rings is 2. The molecule has 20 heavy (non-hydrogen) atoms. The fraction of sp³-hybridized carbons (Fsp3) is 0. The normalized spacial score (nSPS) is 10.4. The van der Waals surface area contributed by atoms with Crippen LogP contribution in [0.5, 0.6) is 0 Å². The van der Waals surface area contributed by atoms with E-state index >= 15 is 0 Å². The van der Waals surface area contributed by atoms with E-state index < -0.39 is 0 Å². The van der Waals surface area contributed by atoms with Crippen molar-refractivity contribution in [1.29, 1.82) is 0 Å². The number of aromatic nitrogens is 2. The monoisotopic (exact) mass is 265 g/mol. The second-order valence-electron chi connectivity index (χ2n) is 4.39. The molecule has 0 unspecified atom stereocenters. The van der Waals surface area contributed by atoms with Crippen LogP contribution in [0.2, 0.25) is 0 Å². The van der Waals surface area contributed by atoms with Gasteiger partial charge in [0, 0.05) is 41.6 Å². The number of nitrogen functional groups attached to an aromatic ring is 1. The van der Waals surface area contributed by atoms with Crippen molar-refractivity contribution in [3.63, 3.8) is 0 Å². The molecule has 2 aromatic heterocycles. The predicted molar refractivity (Wildman–Crippen MR) is 77.3 cm³/mol. The van der Waals surface area contributed by atoms with E-state index in [1.165, 1.54) is 12.1 Å². The van der Waals surface area contributed by atoms with Gasteiger partial charge in [-0.3, -0.25) is 9.97 Å². The van der Waals surface area contributed by atoms with E-state index in [1.807, 2.05) is 24.3 Å². The third-order valence-corrected chi connectivity index (χ3v) is 3.13. The average Bonchev–Trinajstić information content (AvgIpc) is 2.51. The molecule has 3 aromatic rings. The van der Waals surface area contributed by atoms with Crippen molar-refractivity contribution in [3.8, 4) is 22.3 Å². The highest BCUT2D eigenvalue weighted by Crippen LogP contribution is 2.35. The first-order chi connectivity index (χ1) is 9.75. The Bertz CT molecular complexity index is 667. The summed E-state index contributed by atoms with van der Waals surface area (Å²) in [5.41, 5.74) is 9.77. The van der Waals surface area contributed by atoms with Gasteiger partial charge in [0.1, 0.15) is 5.82 Å². The molecule has 3 nitrogen and oxygen atoms in total. The lowest BCUT2D eigenvalue weighted by Crippen LogP contribution is -1.96. The lowest BCUT2D eigenvalue weighted by atomic mass is 9.97. The predicted octanol–water partition coefficient (Wildman–Crippen LogP) is 3.53. The number of anilines is 1. The van der Waals surface area contributed by atoms with Crippen molar-refractivity contribution in [3.05, 3.63) is 67.0 Å². The molecule has 3 rings (SSSR count). The summed E-state index contributed by atoms with van der Waals surface area (Å²) in [7, 11) is 0. The van der Waals surface area contributed by atoms with Crippen molar-refractivity contribution in [2.75, 3.05) is 5.73 Å². The van der Waals surface area contributed by atoms with Crippen LogP contribution in [0.3, 0.4) is 0 Å². The van der Waals surface area contributed by atoms with Crippen LogP contribution in [0.25, 0.3) is 22.3 Å². The Kier molecular flexibility index (Phi) is 3.13. The van der Waals surface area contributed by atoms with Crippen LogP contribution in [0, 0.1) is 5.82 Å². The second-order valence-corrected chi connectivity index (χ2v) is 4.39. The van der Waals surface area contributed by atoms with Gasteiger partial charge in [-0.15, -0.1) is 0 Å². The number of benzene rings is 1. The summed E-state index contributed by atoms with van der Waals surface area (Å²) in [5.74, 6) is -0.321. The van der Waals surface area contributed by atoms with E-state index in [0.29, 0.717) is 16.8 Å². The Morgan fingerprint density at radius 2 is 1.15 bits per heavy atom. The molecule has 0 fully saturated rings. The molecule has 4 heteroatoms. The summed E-state index contributed by atoms with van der Waals surface area (Å²) in [6.07, 6.45) is 6.63.